The molecule has 0 amide bonds. The predicted octanol–water partition coefficient (Wildman–Crippen LogP) is 3.11. The van der Waals surface area contributed by atoms with Crippen molar-refractivity contribution >= 4 is 21.4 Å². The topological polar surface area (TPSA) is 38.5 Å². The van der Waals surface area contributed by atoms with E-state index < -0.39 is 0 Å². The summed E-state index contributed by atoms with van der Waals surface area (Å²) in [5, 5.41) is 0.684. The van der Waals surface area contributed by atoms with Crippen molar-refractivity contribution in [2.45, 2.75) is 26.0 Å². The molecule has 0 spiro atoms. The Labute approximate surface area is 128 Å². The van der Waals surface area contributed by atoms with Crippen LogP contribution >= 0.6 is 11.3 Å². The third kappa shape index (κ3) is 3.26. The quantitative estimate of drug-likeness (QED) is 0.833. The number of ether oxygens (including phenoxy) is 1. The molecule has 1 fully saturated rings. The van der Waals surface area contributed by atoms with Crippen LogP contribution in [-0.4, -0.2) is 31.1 Å². The van der Waals surface area contributed by atoms with E-state index in [-0.39, 0.29) is 5.82 Å². The number of likely N-dealkylation sites (tertiary alicyclic amines) is 1. The van der Waals surface area contributed by atoms with Crippen molar-refractivity contribution in [3.05, 3.63) is 34.5 Å². The maximum Gasteiger partial charge on any atom is 0.132 e. The lowest BCUT2D eigenvalue weighted by Crippen LogP contribution is -2.24. The zero-order valence-corrected chi connectivity index (χ0v) is 12.9. The molecule has 2 heterocycles. The van der Waals surface area contributed by atoms with Crippen molar-refractivity contribution in [1.82, 2.24) is 4.90 Å². The van der Waals surface area contributed by atoms with Crippen LogP contribution < -0.4 is 5.73 Å². The van der Waals surface area contributed by atoms with Gasteiger partial charge in [0.15, 0.2) is 0 Å². The first-order valence-electron chi connectivity index (χ1n) is 7.48. The Morgan fingerprint density at radius 2 is 2.10 bits per heavy atom. The molecule has 2 N–H and O–H groups in total. The Hall–Kier alpha value is -1.01. The molecule has 0 radical (unpaired) electrons. The van der Waals surface area contributed by atoms with Gasteiger partial charge in [-0.3, -0.25) is 0 Å². The molecule has 5 heteroatoms. The van der Waals surface area contributed by atoms with Gasteiger partial charge in [0.1, 0.15) is 5.82 Å². The van der Waals surface area contributed by atoms with Crippen molar-refractivity contribution in [2.24, 2.45) is 5.73 Å². The van der Waals surface area contributed by atoms with E-state index in [1.165, 1.54) is 32.0 Å². The Balaban J connectivity index is 1.67. The van der Waals surface area contributed by atoms with Gasteiger partial charge in [-0.1, -0.05) is 6.07 Å². The van der Waals surface area contributed by atoms with E-state index in [0.717, 1.165) is 21.7 Å². The third-order valence-corrected chi connectivity index (χ3v) is 5.25. The van der Waals surface area contributed by atoms with E-state index in [1.807, 2.05) is 6.07 Å². The summed E-state index contributed by atoms with van der Waals surface area (Å²) in [5.74, 6) is -0.179. The summed E-state index contributed by atoms with van der Waals surface area (Å²) in [4.78, 5) is 3.44. The van der Waals surface area contributed by atoms with Crippen LogP contribution in [0.1, 0.15) is 23.3 Å². The molecule has 0 atom stereocenters. The predicted molar refractivity (Wildman–Crippen MR) is 85.0 cm³/mol. The Morgan fingerprint density at radius 1 is 1.29 bits per heavy atom. The minimum Gasteiger partial charge on any atom is -0.375 e. The lowest BCUT2D eigenvalue weighted by atomic mass is 10.1. The van der Waals surface area contributed by atoms with Gasteiger partial charge in [0, 0.05) is 33.6 Å². The molecule has 1 aliphatic rings. The molecular formula is C16H21FN2OS. The molecule has 0 bridgehead atoms. The summed E-state index contributed by atoms with van der Waals surface area (Å²) in [5.41, 5.74) is 6.72. The van der Waals surface area contributed by atoms with Crippen LogP contribution in [0.2, 0.25) is 0 Å². The maximum atomic E-state index is 14.1. The number of nitrogens with zero attached hydrogens (tertiary/aromatic N) is 1. The number of halogens is 1. The van der Waals surface area contributed by atoms with Gasteiger partial charge in [0.25, 0.3) is 0 Å². The minimum atomic E-state index is -0.179. The van der Waals surface area contributed by atoms with Crippen LogP contribution in [0.3, 0.4) is 0 Å². The van der Waals surface area contributed by atoms with E-state index in [9.17, 15) is 4.39 Å². The lowest BCUT2D eigenvalue weighted by Gasteiger charge is -2.14. The number of rotatable bonds is 6. The van der Waals surface area contributed by atoms with E-state index in [1.54, 1.807) is 17.4 Å². The van der Waals surface area contributed by atoms with Crippen LogP contribution in [0.5, 0.6) is 0 Å². The first-order valence-corrected chi connectivity index (χ1v) is 8.30. The molecule has 2 aromatic rings. The van der Waals surface area contributed by atoms with Gasteiger partial charge >= 0.3 is 0 Å². The van der Waals surface area contributed by atoms with Crippen LogP contribution in [0, 0.1) is 5.82 Å². The number of fused-ring (bicyclic) bond motifs is 1. The largest absolute Gasteiger partial charge is 0.375 e. The maximum absolute atomic E-state index is 14.1. The average Bonchev–Trinajstić information content (AvgIpc) is 3.11. The van der Waals surface area contributed by atoms with Crippen molar-refractivity contribution in [3.63, 3.8) is 0 Å². The van der Waals surface area contributed by atoms with Crippen molar-refractivity contribution in [1.29, 1.82) is 0 Å². The summed E-state index contributed by atoms with van der Waals surface area (Å²) in [6, 6.07) is 5.19. The highest BCUT2D eigenvalue weighted by Gasteiger charge is 2.15. The standard InChI is InChI=1S/C16H21FN2OS/c17-13-4-3-5-14-16(13)12(15(10-18)21-14)11-20-9-8-19-6-1-2-7-19/h3-5H,1-2,6-11,18H2. The van der Waals surface area contributed by atoms with E-state index in [2.05, 4.69) is 4.90 Å². The molecule has 1 aliphatic heterocycles. The highest BCUT2D eigenvalue weighted by Crippen LogP contribution is 2.33. The minimum absolute atomic E-state index is 0.179. The average molecular weight is 308 g/mol. The number of hydrogen-bond acceptors (Lipinski definition) is 4. The van der Waals surface area contributed by atoms with Crippen LogP contribution in [0.15, 0.2) is 18.2 Å². The van der Waals surface area contributed by atoms with Gasteiger partial charge in [-0.25, -0.2) is 4.39 Å². The van der Waals surface area contributed by atoms with E-state index in [4.69, 9.17) is 10.5 Å². The van der Waals surface area contributed by atoms with Gasteiger partial charge in [-0.15, -0.1) is 11.3 Å². The van der Waals surface area contributed by atoms with Gasteiger partial charge < -0.3 is 15.4 Å². The van der Waals surface area contributed by atoms with Crippen LogP contribution in [-0.2, 0) is 17.9 Å². The molecule has 0 saturated carbocycles. The summed E-state index contributed by atoms with van der Waals surface area (Å²) in [7, 11) is 0. The monoisotopic (exact) mass is 308 g/mol. The molecule has 21 heavy (non-hydrogen) atoms. The summed E-state index contributed by atoms with van der Waals surface area (Å²) in [6.45, 7) is 4.88. The highest BCUT2D eigenvalue weighted by atomic mass is 32.1. The number of thiophene rings is 1. The van der Waals surface area contributed by atoms with Gasteiger partial charge in [-0.05, 0) is 38.1 Å². The van der Waals surface area contributed by atoms with Crippen molar-refractivity contribution in [2.75, 3.05) is 26.2 Å². The first-order chi connectivity index (χ1) is 10.3. The number of nitrogens with two attached hydrogens (primary N) is 1. The summed E-state index contributed by atoms with van der Waals surface area (Å²) < 4.78 is 20.8. The van der Waals surface area contributed by atoms with Gasteiger partial charge in [-0.2, -0.15) is 0 Å². The summed E-state index contributed by atoms with van der Waals surface area (Å²) >= 11 is 1.57. The zero-order valence-electron chi connectivity index (χ0n) is 12.1. The molecule has 0 aliphatic carbocycles. The van der Waals surface area contributed by atoms with Gasteiger partial charge in [0.05, 0.1) is 13.2 Å². The van der Waals surface area contributed by atoms with Gasteiger partial charge in [0.2, 0.25) is 0 Å². The van der Waals surface area contributed by atoms with Crippen molar-refractivity contribution < 1.29 is 9.13 Å². The van der Waals surface area contributed by atoms with E-state index >= 15 is 0 Å². The molecule has 3 rings (SSSR count). The number of hydrogen-bond donors (Lipinski definition) is 1. The van der Waals surface area contributed by atoms with E-state index in [0.29, 0.717) is 25.1 Å². The molecule has 114 valence electrons. The second-order valence-corrected chi connectivity index (χ2v) is 6.56. The van der Waals surface area contributed by atoms with Crippen LogP contribution in [0.4, 0.5) is 4.39 Å². The zero-order chi connectivity index (χ0) is 14.7. The molecule has 0 unspecified atom stereocenters. The Kier molecular flexibility index (Phi) is 4.85. The lowest BCUT2D eigenvalue weighted by molar-refractivity contribution is 0.0996. The first kappa shape index (κ1) is 14.9. The SMILES string of the molecule is NCc1sc2cccc(F)c2c1COCCN1CCCC1. The smallest absolute Gasteiger partial charge is 0.132 e. The normalized spacial score (nSPS) is 16.1. The third-order valence-electron chi connectivity index (χ3n) is 4.03. The molecule has 1 aromatic carbocycles. The van der Waals surface area contributed by atoms with Crippen LogP contribution in [0.25, 0.3) is 10.1 Å². The molecule has 3 nitrogen and oxygen atoms in total. The molecule has 1 aromatic heterocycles. The fourth-order valence-electron chi connectivity index (χ4n) is 2.91. The molecule has 1 saturated heterocycles. The fourth-order valence-corrected chi connectivity index (χ4v) is 4.01. The van der Waals surface area contributed by atoms with Crippen molar-refractivity contribution in [3.8, 4) is 0 Å². The second-order valence-electron chi connectivity index (χ2n) is 5.42. The summed E-state index contributed by atoms with van der Waals surface area (Å²) in [6.07, 6.45) is 2.58. The number of benzene rings is 1. The Bertz CT molecular complexity index is 608. The Morgan fingerprint density at radius 3 is 2.86 bits per heavy atom. The highest BCUT2D eigenvalue weighted by molar-refractivity contribution is 7.19. The fraction of sp³-hybridized carbons (Fsp3) is 0.500. The second kappa shape index (κ2) is 6.83. The molecular weight excluding hydrogens is 287 g/mol.